The highest BCUT2D eigenvalue weighted by Gasteiger charge is 2.59. The summed E-state index contributed by atoms with van der Waals surface area (Å²) in [7, 11) is 1.32. The highest BCUT2D eigenvalue weighted by molar-refractivity contribution is 5.81. The minimum absolute atomic E-state index is 0.208. The molecular formula is C15H17NO3. The topological polar surface area (TPSA) is 70.3 Å². The quantitative estimate of drug-likeness (QED) is 0.842. The molecule has 0 fully saturated rings. The first-order chi connectivity index (χ1) is 8.99. The van der Waals surface area contributed by atoms with E-state index in [0.29, 0.717) is 6.42 Å². The molecule has 1 aromatic rings. The average Bonchev–Trinajstić information content (AvgIpc) is 2.65. The third-order valence-corrected chi connectivity index (χ3v) is 4.21. The summed E-state index contributed by atoms with van der Waals surface area (Å²) in [5.74, 6) is -0.455. The van der Waals surface area contributed by atoms with Gasteiger partial charge in [0.2, 0.25) is 0 Å². The second-order valence-corrected chi connectivity index (χ2v) is 5.14. The average molecular weight is 259 g/mol. The number of hydrogen-bond donors (Lipinski definition) is 1. The van der Waals surface area contributed by atoms with E-state index in [-0.39, 0.29) is 12.8 Å². The van der Waals surface area contributed by atoms with Crippen molar-refractivity contribution in [2.45, 2.75) is 31.8 Å². The number of nitrogens with zero attached hydrogens (tertiary/aromatic N) is 1. The molecule has 0 heterocycles. The van der Waals surface area contributed by atoms with Crippen molar-refractivity contribution in [3.63, 3.8) is 0 Å². The molecular weight excluding hydrogens is 242 g/mol. The third-order valence-electron chi connectivity index (χ3n) is 4.21. The molecule has 0 amide bonds. The zero-order valence-corrected chi connectivity index (χ0v) is 11.1. The molecule has 0 saturated heterocycles. The Morgan fingerprint density at radius 2 is 2.21 bits per heavy atom. The van der Waals surface area contributed by atoms with E-state index in [9.17, 15) is 9.90 Å². The summed E-state index contributed by atoms with van der Waals surface area (Å²) in [6.07, 6.45) is 0.904. The van der Waals surface area contributed by atoms with E-state index < -0.39 is 17.0 Å². The number of carbonyl (C=O) groups excluding carboxylic acids is 1. The highest BCUT2D eigenvalue weighted by atomic mass is 16.5. The van der Waals surface area contributed by atoms with Gasteiger partial charge in [-0.25, -0.2) is 0 Å². The normalized spacial score (nSPS) is 28.5. The Hall–Kier alpha value is -1.86. The fraction of sp³-hybridized carbons (Fsp3) is 0.467. The second-order valence-electron chi connectivity index (χ2n) is 5.14. The SMILES string of the molecule is COC(=O)C1(CCC#N)Cc2ccccc2C1(C)O. The first kappa shape index (κ1) is 13.6. The van der Waals surface area contributed by atoms with Crippen LogP contribution in [0.25, 0.3) is 0 Å². The molecule has 4 heteroatoms. The Kier molecular flexibility index (Phi) is 3.34. The van der Waals surface area contributed by atoms with Crippen molar-refractivity contribution in [2.24, 2.45) is 5.41 Å². The lowest BCUT2D eigenvalue weighted by molar-refractivity contribution is -0.171. The monoisotopic (exact) mass is 259 g/mol. The molecule has 1 aromatic carbocycles. The van der Waals surface area contributed by atoms with Crippen LogP contribution in [0.15, 0.2) is 24.3 Å². The number of rotatable bonds is 3. The van der Waals surface area contributed by atoms with Crippen LogP contribution < -0.4 is 0 Å². The molecule has 19 heavy (non-hydrogen) atoms. The second kappa shape index (κ2) is 4.67. The molecule has 1 aliphatic rings. The fourth-order valence-electron chi connectivity index (χ4n) is 3.07. The lowest BCUT2D eigenvalue weighted by Crippen LogP contribution is -2.47. The Morgan fingerprint density at radius 3 is 2.79 bits per heavy atom. The van der Waals surface area contributed by atoms with Gasteiger partial charge in [0.05, 0.1) is 13.2 Å². The van der Waals surface area contributed by atoms with Gasteiger partial charge in [0, 0.05) is 6.42 Å². The smallest absolute Gasteiger partial charge is 0.315 e. The van der Waals surface area contributed by atoms with Crippen LogP contribution in [0.2, 0.25) is 0 Å². The van der Waals surface area contributed by atoms with Crippen molar-refractivity contribution >= 4 is 5.97 Å². The van der Waals surface area contributed by atoms with Gasteiger partial charge in [-0.15, -0.1) is 0 Å². The largest absolute Gasteiger partial charge is 0.468 e. The van der Waals surface area contributed by atoms with Gasteiger partial charge in [-0.2, -0.15) is 5.26 Å². The zero-order valence-electron chi connectivity index (χ0n) is 11.1. The van der Waals surface area contributed by atoms with Crippen LogP contribution in [0.1, 0.15) is 30.9 Å². The van der Waals surface area contributed by atoms with Crippen LogP contribution in [0.3, 0.4) is 0 Å². The number of nitriles is 1. The van der Waals surface area contributed by atoms with Crippen molar-refractivity contribution in [2.75, 3.05) is 7.11 Å². The van der Waals surface area contributed by atoms with Crippen molar-refractivity contribution in [3.05, 3.63) is 35.4 Å². The molecule has 0 aromatic heterocycles. The van der Waals surface area contributed by atoms with Gasteiger partial charge in [0.1, 0.15) is 11.0 Å². The van der Waals surface area contributed by atoms with Crippen LogP contribution in [-0.4, -0.2) is 18.2 Å². The summed E-state index contributed by atoms with van der Waals surface area (Å²) in [5, 5.41) is 19.7. The predicted octanol–water partition coefficient (Wildman–Crippen LogP) is 1.91. The van der Waals surface area contributed by atoms with E-state index in [4.69, 9.17) is 10.00 Å². The summed E-state index contributed by atoms with van der Waals surface area (Å²) in [4.78, 5) is 12.2. The van der Waals surface area contributed by atoms with Crippen LogP contribution in [0, 0.1) is 16.7 Å². The molecule has 0 saturated carbocycles. The van der Waals surface area contributed by atoms with Crippen molar-refractivity contribution < 1.29 is 14.6 Å². The lowest BCUT2D eigenvalue weighted by Gasteiger charge is -2.37. The highest BCUT2D eigenvalue weighted by Crippen LogP contribution is 2.53. The standard InChI is InChI=1S/C15H17NO3/c1-14(18)12-7-4-3-6-11(12)10-15(14,8-5-9-16)13(17)19-2/h3-4,6-7,18H,5,8,10H2,1-2H3. The molecule has 2 atom stereocenters. The molecule has 4 nitrogen and oxygen atoms in total. The summed E-state index contributed by atoms with van der Waals surface area (Å²) < 4.78 is 4.89. The van der Waals surface area contributed by atoms with Gasteiger partial charge in [-0.05, 0) is 30.9 Å². The number of carbonyl (C=O) groups is 1. The van der Waals surface area contributed by atoms with Gasteiger partial charge in [-0.1, -0.05) is 24.3 Å². The Morgan fingerprint density at radius 1 is 1.53 bits per heavy atom. The molecule has 0 radical (unpaired) electrons. The third kappa shape index (κ3) is 1.82. The zero-order chi connectivity index (χ0) is 14.1. The van der Waals surface area contributed by atoms with E-state index in [1.807, 2.05) is 30.3 Å². The van der Waals surface area contributed by atoms with Crippen molar-refractivity contribution in [1.29, 1.82) is 5.26 Å². The van der Waals surface area contributed by atoms with E-state index in [1.54, 1.807) is 6.92 Å². The molecule has 1 N–H and O–H groups in total. The minimum atomic E-state index is -1.31. The Labute approximate surface area is 112 Å². The number of esters is 1. The van der Waals surface area contributed by atoms with E-state index in [2.05, 4.69) is 0 Å². The maximum Gasteiger partial charge on any atom is 0.315 e. The van der Waals surface area contributed by atoms with Crippen LogP contribution >= 0.6 is 0 Å². The number of ether oxygens (including phenoxy) is 1. The number of aliphatic hydroxyl groups is 1. The number of hydrogen-bond acceptors (Lipinski definition) is 4. The summed E-state index contributed by atoms with van der Waals surface area (Å²) in [6.45, 7) is 1.63. The van der Waals surface area contributed by atoms with Gasteiger partial charge in [-0.3, -0.25) is 4.79 Å². The molecule has 2 unspecified atom stereocenters. The van der Waals surface area contributed by atoms with E-state index >= 15 is 0 Å². The van der Waals surface area contributed by atoms with E-state index in [0.717, 1.165) is 11.1 Å². The van der Waals surface area contributed by atoms with Gasteiger partial charge >= 0.3 is 5.97 Å². The number of benzene rings is 1. The maximum absolute atomic E-state index is 12.2. The fourth-order valence-corrected chi connectivity index (χ4v) is 3.07. The summed E-state index contributed by atoms with van der Waals surface area (Å²) in [6, 6.07) is 9.49. The van der Waals surface area contributed by atoms with Crippen molar-refractivity contribution in [1.82, 2.24) is 0 Å². The molecule has 2 rings (SSSR count). The van der Waals surface area contributed by atoms with Gasteiger partial charge < -0.3 is 9.84 Å². The summed E-state index contributed by atoms with van der Waals surface area (Å²) >= 11 is 0. The van der Waals surface area contributed by atoms with Crippen molar-refractivity contribution in [3.8, 4) is 6.07 Å². The maximum atomic E-state index is 12.2. The number of methoxy groups -OCH3 is 1. The van der Waals surface area contributed by atoms with Gasteiger partial charge in [0.15, 0.2) is 0 Å². The summed E-state index contributed by atoms with van der Waals surface area (Å²) in [5.41, 5.74) is -0.691. The Balaban J connectivity index is 2.53. The Bertz CT molecular complexity index is 545. The van der Waals surface area contributed by atoms with Crippen LogP contribution in [0.5, 0.6) is 0 Å². The molecule has 0 spiro atoms. The first-order valence-corrected chi connectivity index (χ1v) is 6.26. The lowest BCUT2D eigenvalue weighted by atomic mass is 9.70. The van der Waals surface area contributed by atoms with E-state index in [1.165, 1.54) is 7.11 Å². The van der Waals surface area contributed by atoms with Gasteiger partial charge in [0.25, 0.3) is 0 Å². The first-order valence-electron chi connectivity index (χ1n) is 6.26. The minimum Gasteiger partial charge on any atom is -0.468 e. The predicted molar refractivity (Wildman–Crippen MR) is 69.0 cm³/mol. The van der Waals surface area contributed by atoms with Crippen LogP contribution in [-0.2, 0) is 21.6 Å². The number of fused-ring (bicyclic) bond motifs is 1. The molecule has 1 aliphatic carbocycles. The molecule has 0 bridgehead atoms. The molecule has 100 valence electrons. The molecule has 0 aliphatic heterocycles. The van der Waals surface area contributed by atoms with Crippen LogP contribution in [0.4, 0.5) is 0 Å².